The zero-order chi connectivity index (χ0) is 11.5. The van der Waals surface area contributed by atoms with Crippen molar-refractivity contribution in [1.29, 1.82) is 0 Å². The average Bonchev–Trinajstić information content (AvgIpc) is 2.77. The van der Waals surface area contributed by atoms with Crippen LogP contribution in [0.4, 0.5) is 5.69 Å². The van der Waals surface area contributed by atoms with Crippen LogP contribution in [0.3, 0.4) is 0 Å². The normalized spacial score (nSPS) is 10.1. The molecular weight excluding hydrogens is 204 g/mol. The highest BCUT2D eigenvalue weighted by Gasteiger charge is 2.02. The lowest BCUT2D eigenvalue weighted by Crippen LogP contribution is -2.08. The van der Waals surface area contributed by atoms with E-state index in [1.165, 1.54) is 0 Å². The van der Waals surface area contributed by atoms with Crippen molar-refractivity contribution in [1.82, 2.24) is 15.0 Å². The first-order valence-electron chi connectivity index (χ1n) is 4.86. The molecule has 0 aliphatic carbocycles. The summed E-state index contributed by atoms with van der Waals surface area (Å²) in [6, 6.07) is 7.83. The summed E-state index contributed by atoms with van der Waals surface area (Å²) >= 11 is 0. The maximum Gasteiger partial charge on any atom is 0.171 e. The van der Waals surface area contributed by atoms with Crippen LogP contribution in [-0.2, 0) is 0 Å². The molecule has 0 radical (unpaired) electrons. The molecule has 2 aromatic rings. The summed E-state index contributed by atoms with van der Waals surface area (Å²) < 4.78 is 1.57. The Labute approximate surface area is 93.3 Å². The minimum atomic E-state index is 0.330. The molecule has 0 atom stereocenters. The zero-order valence-corrected chi connectivity index (χ0v) is 9.16. The van der Waals surface area contributed by atoms with Crippen molar-refractivity contribution in [3.05, 3.63) is 36.2 Å². The molecule has 0 aliphatic rings. The molecule has 1 heterocycles. The molecule has 1 aromatic heterocycles. The predicted octanol–water partition coefficient (Wildman–Crippen LogP) is 1.15. The number of rotatable bonds is 3. The Hall–Kier alpha value is -2.17. The lowest BCUT2D eigenvalue weighted by atomic mass is 10.2. The number of anilines is 1. The Morgan fingerprint density at radius 2 is 1.94 bits per heavy atom. The van der Waals surface area contributed by atoms with E-state index in [-0.39, 0.29) is 0 Å². The molecule has 82 valence electrons. The summed E-state index contributed by atoms with van der Waals surface area (Å²) in [6.07, 6.45) is 2.27. The SMILES string of the molecule is CN(C)c1ccc(-n2cc(C=O)nn2)cc1. The fourth-order valence-corrected chi connectivity index (χ4v) is 1.36. The highest BCUT2D eigenvalue weighted by molar-refractivity contribution is 5.70. The first-order chi connectivity index (χ1) is 7.70. The largest absolute Gasteiger partial charge is 0.378 e. The fraction of sp³-hybridized carbons (Fsp3) is 0.182. The van der Waals surface area contributed by atoms with E-state index < -0.39 is 0 Å². The van der Waals surface area contributed by atoms with Gasteiger partial charge in [0, 0.05) is 19.8 Å². The van der Waals surface area contributed by atoms with E-state index in [9.17, 15) is 4.79 Å². The first kappa shape index (κ1) is 10.4. The van der Waals surface area contributed by atoms with Crippen molar-refractivity contribution in [3.63, 3.8) is 0 Å². The third-order valence-corrected chi connectivity index (χ3v) is 2.26. The number of nitrogens with zero attached hydrogens (tertiary/aromatic N) is 4. The van der Waals surface area contributed by atoms with Gasteiger partial charge < -0.3 is 4.90 Å². The third-order valence-electron chi connectivity index (χ3n) is 2.26. The number of aldehydes is 1. The summed E-state index contributed by atoms with van der Waals surface area (Å²) in [6.45, 7) is 0. The Bertz CT molecular complexity index is 487. The molecule has 0 amide bonds. The van der Waals surface area contributed by atoms with Gasteiger partial charge in [0.25, 0.3) is 0 Å². The summed E-state index contributed by atoms with van der Waals surface area (Å²) in [5.74, 6) is 0. The van der Waals surface area contributed by atoms with Crippen molar-refractivity contribution in [2.24, 2.45) is 0 Å². The second-order valence-electron chi connectivity index (χ2n) is 3.62. The Morgan fingerprint density at radius 3 is 2.44 bits per heavy atom. The van der Waals surface area contributed by atoms with Gasteiger partial charge in [0.1, 0.15) is 5.69 Å². The molecule has 0 fully saturated rings. The Morgan fingerprint density at radius 1 is 1.25 bits per heavy atom. The maximum absolute atomic E-state index is 10.5. The van der Waals surface area contributed by atoms with Crippen LogP contribution in [0.15, 0.2) is 30.5 Å². The Balaban J connectivity index is 2.30. The standard InChI is InChI=1S/C11H12N4O/c1-14(2)10-3-5-11(6-4-10)15-7-9(8-16)12-13-15/h3-8H,1-2H3. The molecule has 5 nitrogen and oxygen atoms in total. The Kier molecular flexibility index (Phi) is 2.68. The van der Waals surface area contributed by atoms with E-state index in [2.05, 4.69) is 10.3 Å². The highest BCUT2D eigenvalue weighted by atomic mass is 16.1. The molecule has 0 aliphatic heterocycles. The minimum absolute atomic E-state index is 0.330. The van der Waals surface area contributed by atoms with Crippen LogP contribution in [-0.4, -0.2) is 35.4 Å². The van der Waals surface area contributed by atoms with E-state index >= 15 is 0 Å². The van der Waals surface area contributed by atoms with E-state index in [4.69, 9.17) is 0 Å². The lowest BCUT2D eigenvalue weighted by Gasteiger charge is -2.12. The molecule has 0 bridgehead atoms. The number of hydrogen-bond donors (Lipinski definition) is 0. The van der Waals surface area contributed by atoms with Gasteiger partial charge >= 0.3 is 0 Å². The minimum Gasteiger partial charge on any atom is -0.378 e. The van der Waals surface area contributed by atoms with E-state index in [1.54, 1.807) is 10.9 Å². The molecule has 0 unspecified atom stereocenters. The number of aromatic nitrogens is 3. The van der Waals surface area contributed by atoms with Crippen molar-refractivity contribution < 1.29 is 4.79 Å². The number of benzene rings is 1. The van der Waals surface area contributed by atoms with Crippen LogP contribution in [0.2, 0.25) is 0 Å². The summed E-state index contributed by atoms with van der Waals surface area (Å²) in [5.41, 5.74) is 2.32. The first-order valence-corrected chi connectivity index (χ1v) is 4.86. The van der Waals surface area contributed by atoms with Crippen LogP contribution in [0.25, 0.3) is 5.69 Å². The molecule has 0 spiro atoms. The summed E-state index contributed by atoms with van der Waals surface area (Å²) in [4.78, 5) is 12.5. The van der Waals surface area contributed by atoms with Gasteiger partial charge in [-0.2, -0.15) is 0 Å². The fourth-order valence-electron chi connectivity index (χ4n) is 1.36. The van der Waals surface area contributed by atoms with Crippen molar-refractivity contribution >= 4 is 12.0 Å². The predicted molar refractivity (Wildman–Crippen MR) is 61.1 cm³/mol. The number of hydrogen-bond acceptors (Lipinski definition) is 4. The highest BCUT2D eigenvalue weighted by Crippen LogP contribution is 2.14. The van der Waals surface area contributed by atoms with Crippen molar-refractivity contribution in [2.75, 3.05) is 19.0 Å². The number of carbonyl (C=O) groups excluding carboxylic acids is 1. The molecule has 5 heteroatoms. The van der Waals surface area contributed by atoms with Gasteiger partial charge in [-0.15, -0.1) is 5.10 Å². The van der Waals surface area contributed by atoms with Gasteiger partial charge in [-0.3, -0.25) is 4.79 Å². The van der Waals surface area contributed by atoms with Gasteiger partial charge in [0.15, 0.2) is 6.29 Å². The lowest BCUT2D eigenvalue weighted by molar-refractivity contribution is 0.111. The second-order valence-corrected chi connectivity index (χ2v) is 3.62. The topological polar surface area (TPSA) is 51.0 Å². The molecular formula is C11H12N4O. The van der Waals surface area contributed by atoms with E-state index in [1.807, 2.05) is 43.3 Å². The average molecular weight is 216 g/mol. The van der Waals surface area contributed by atoms with E-state index in [0.717, 1.165) is 11.4 Å². The summed E-state index contributed by atoms with van der Waals surface area (Å²) in [7, 11) is 3.96. The van der Waals surface area contributed by atoms with E-state index in [0.29, 0.717) is 12.0 Å². The molecule has 0 saturated heterocycles. The molecule has 0 saturated carbocycles. The monoisotopic (exact) mass is 216 g/mol. The van der Waals surface area contributed by atoms with Gasteiger partial charge in [-0.05, 0) is 24.3 Å². The van der Waals surface area contributed by atoms with Gasteiger partial charge in [-0.1, -0.05) is 5.21 Å². The third kappa shape index (κ3) is 1.93. The molecule has 1 aromatic carbocycles. The van der Waals surface area contributed by atoms with Crippen LogP contribution in [0.5, 0.6) is 0 Å². The van der Waals surface area contributed by atoms with Gasteiger partial charge in [0.05, 0.1) is 11.9 Å². The quantitative estimate of drug-likeness (QED) is 0.722. The van der Waals surface area contributed by atoms with Crippen LogP contribution in [0, 0.1) is 0 Å². The second kappa shape index (κ2) is 4.14. The van der Waals surface area contributed by atoms with Crippen LogP contribution >= 0.6 is 0 Å². The van der Waals surface area contributed by atoms with Crippen LogP contribution < -0.4 is 4.90 Å². The van der Waals surface area contributed by atoms with Gasteiger partial charge in [-0.25, -0.2) is 4.68 Å². The maximum atomic E-state index is 10.5. The van der Waals surface area contributed by atoms with Gasteiger partial charge in [0.2, 0.25) is 0 Å². The molecule has 0 N–H and O–H groups in total. The van der Waals surface area contributed by atoms with Crippen LogP contribution in [0.1, 0.15) is 10.5 Å². The van der Waals surface area contributed by atoms with Crippen molar-refractivity contribution in [2.45, 2.75) is 0 Å². The van der Waals surface area contributed by atoms with Crippen molar-refractivity contribution in [3.8, 4) is 5.69 Å². The molecule has 16 heavy (non-hydrogen) atoms. The smallest absolute Gasteiger partial charge is 0.171 e. The molecule has 2 rings (SSSR count). The number of carbonyl (C=O) groups is 1. The zero-order valence-electron chi connectivity index (χ0n) is 9.16. The summed E-state index contributed by atoms with van der Waals surface area (Å²) in [5, 5.41) is 7.56.